The molecule has 0 bridgehead atoms. The van der Waals surface area contributed by atoms with E-state index in [2.05, 4.69) is 21.2 Å². The van der Waals surface area contributed by atoms with Crippen LogP contribution in [0.4, 0.5) is 0 Å². The van der Waals surface area contributed by atoms with Gasteiger partial charge in [-0.3, -0.25) is 9.69 Å². The third kappa shape index (κ3) is 5.92. The van der Waals surface area contributed by atoms with Gasteiger partial charge in [-0.25, -0.2) is 0 Å². The van der Waals surface area contributed by atoms with Crippen molar-refractivity contribution >= 4 is 29.1 Å². The smallest absolute Gasteiger partial charge is 0.253 e. The lowest BCUT2D eigenvalue weighted by atomic mass is 9.71. The second-order valence-corrected chi connectivity index (χ2v) is 11.6. The van der Waals surface area contributed by atoms with Crippen molar-refractivity contribution in [3.63, 3.8) is 0 Å². The molecule has 1 atom stereocenters. The van der Waals surface area contributed by atoms with Crippen molar-refractivity contribution in [2.75, 3.05) is 58.9 Å². The number of benzene rings is 2. The third-order valence-electron chi connectivity index (χ3n) is 8.38. The molecule has 5 rings (SSSR count). The minimum absolute atomic E-state index is 0.0996. The predicted molar refractivity (Wildman–Crippen MR) is 148 cm³/mol. The Balaban J connectivity index is 1.25. The summed E-state index contributed by atoms with van der Waals surface area (Å²) < 4.78 is 0. The third-order valence-corrected chi connectivity index (χ3v) is 9.11. The number of amides is 1. The molecule has 3 aliphatic heterocycles. The molecule has 3 heterocycles. The highest BCUT2D eigenvalue weighted by molar-refractivity contribution is 6.42. The maximum Gasteiger partial charge on any atom is 0.253 e. The quantitative estimate of drug-likeness (QED) is 0.553. The Bertz CT molecular complexity index is 1020. The molecule has 1 unspecified atom stereocenters. The first kappa shape index (κ1) is 26.0. The van der Waals surface area contributed by atoms with E-state index in [0.29, 0.717) is 16.1 Å². The summed E-state index contributed by atoms with van der Waals surface area (Å²) in [6, 6.07) is 16.4. The normalized spacial score (nSPS) is 24.3. The van der Waals surface area contributed by atoms with E-state index >= 15 is 0 Å². The van der Waals surface area contributed by atoms with Crippen LogP contribution in [0.1, 0.15) is 48.0 Å². The van der Waals surface area contributed by atoms with Gasteiger partial charge in [0.25, 0.3) is 5.91 Å². The molecule has 0 radical (unpaired) electrons. The largest absolute Gasteiger partial charge is 0.338 e. The number of nitrogens with zero attached hydrogens (tertiary/aromatic N) is 3. The van der Waals surface area contributed by atoms with Crippen molar-refractivity contribution in [3.05, 3.63) is 69.7 Å². The van der Waals surface area contributed by atoms with Gasteiger partial charge in [-0.15, -0.1) is 0 Å². The molecule has 7 heteroatoms. The molecule has 5 nitrogen and oxygen atoms in total. The van der Waals surface area contributed by atoms with E-state index in [-0.39, 0.29) is 11.3 Å². The number of halogens is 2. The molecule has 2 aromatic rings. The Labute approximate surface area is 225 Å². The molecule has 3 fully saturated rings. The van der Waals surface area contributed by atoms with Crippen LogP contribution in [-0.2, 0) is 5.41 Å². The first-order valence-electron chi connectivity index (χ1n) is 13.5. The van der Waals surface area contributed by atoms with Crippen molar-refractivity contribution in [3.8, 4) is 0 Å². The summed E-state index contributed by atoms with van der Waals surface area (Å²) in [6.07, 6.45) is 5.46. The van der Waals surface area contributed by atoms with Crippen molar-refractivity contribution in [2.45, 2.75) is 43.6 Å². The summed E-state index contributed by atoms with van der Waals surface area (Å²) in [7, 11) is 0. The van der Waals surface area contributed by atoms with Crippen LogP contribution in [0, 0.1) is 0 Å². The fourth-order valence-electron chi connectivity index (χ4n) is 6.31. The molecule has 0 saturated carbocycles. The van der Waals surface area contributed by atoms with E-state index in [1.807, 2.05) is 47.4 Å². The van der Waals surface area contributed by atoms with Gasteiger partial charge < -0.3 is 15.1 Å². The first-order chi connectivity index (χ1) is 17.5. The van der Waals surface area contributed by atoms with Gasteiger partial charge in [-0.2, -0.15) is 0 Å². The van der Waals surface area contributed by atoms with Gasteiger partial charge in [-0.05, 0) is 81.6 Å². The molecule has 3 saturated heterocycles. The Morgan fingerprint density at radius 2 is 1.81 bits per heavy atom. The Morgan fingerprint density at radius 3 is 2.61 bits per heavy atom. The highest BCUT2D eigenvalue weighted by Crippen LogP contribution is 2.41. The second-order valence-electron chi connectivity index (χ2n) is 10.8. The highest BCUT2D eigenvalue weighted by Gasteiger charge is 2.39. The Hall–Kier alpha value is -1.63. The topological polar surface area (TPSA) is 38.8 Å². The highest BCUT2D eigenvalue weighted by atomic mass is 35.5. The Morgan fingerprint density at radius 1 is 0.972 bits per heavy atom. The van der Waals surface area contributed by atoms with Gasteiger partial charge in [0.15, 0.2) is 0 Å². The van der Waals surface area contributed by atoms with Crippen LogP contribution < -0.4 is 5.32 Å². The number of piperidine rings is 1. The number of nitrogens with one attached hydrogen (secondary N) is 1. The van der Waals surface area contributed by atoms with E-state index in [0.717, 1.165) is 64.0 Å². The van der Waals surface area contributed by atoms with Crippen LogP contribution in [-0.4, -0.2) is 85.6 Å². The Kier molecular flexibility index (Phi) is 8.54. The summed E-state index contributed by atoms with van der Waals surface area (Å²) in [5.41, 5.74) is 1.87. The maximum absolute atomic E-state index is 13.3. The van der Waals surface area contributed by atoms with Gasteiger partial charge in [0, 0.05) is 56.3 Å². The number of carbonyl (C=O) groups excluding carboxylic acids is 1. The minimum atomic E-state index is -0.0996. The monoisotopic (exact) mass is 528 g/mol. The van der Waals surface area contributed by atoms with Crippen molar-refractivity contribution in [1.29, 1.82) is 0 Å². The van der Waals surface area contributed by atoms with Gasteiger partial charge in [-0.1, -0.05) is 47.5 Å². The summed E-state index contributed by atoms with van der Waals surface area (Å²) in [5, 5.41) is 4.69. The number of carbonyl (C=O) groups is 1. The zero-order chi connectivity index (χ0) is 25.0. The standard InChI is InChI=1S/C29H38Cl2N4O/c30-26-10-9-24(19-27(26)31)29(12-5-16-35(22-29)28(36)23-7-2-1-3-8-23)11-4-15-33-20-25(21-33)34-17-6-13-32-14-18-34/h1-3,7-10,19,25,32H,4-6,11-18,20-22H2. The maximum atomic E-state index is 13.3. The fraction of sp³-hybridized carbons (Fsp3) is 0.552. The van der Waals surface area contributed by atoms with Crippen LogP contribution in [0.15, 0.2) is 48.5 Å². The molecule has 194 valence electrons. The molecule has 1 amide bonds. The molecule has 0 aliphatic carbocycles. The molecule has 36 heavy (non-hydrogen) atoms. The number of hydrogen-bond acceptors (Lipinski definition) is 4. The van der Waals surface area contributed by atoms with Crippen LogP contribution in [0.2, 0.25) is 10.0 Å². The number of likely N-dealkylation sites (tertiary alicyclic amines) is 2. The summed E-state index contributed by atoms with van der Waals surface area (Å²) in [5.74, 6) is 0.122. The summed E-state index contributed by atoms with van der Waals surface area (Å²) in [4.78, 5) is 20.7. The average molecular weight is 530 g/mol. The van der Waals surface area contributed by atoms with Crippen LogP contribution in [0.25, 0.3) is 0 Å². The molecule has 3 aliphatic rings. The van der Waals surface area contributed by atoms with Crippen LogP contribution >= 0.6 is 23.2 Å². The van der Waals surface area contributed by atoms with E-state index in [4.69, 9.17) is 23.2 Å². The minimum Gasteiger partial charge on any atom is -0.338 e. The van der Waals surface area contributed by atoms with Crippen molar-refractivity contribution in [2.24, 2.45) is 0 Å². The lowest BCUT2D eigenvalue weighted by molar-refractivity contribution is 0.0334. The number of rotatable bonds is 7. The fourth-order valence-corrected chi connectivity index (χ4v) is 6.61. The van der Waals surface area contributed by atoms with Gasteiger partial charge in [0.1, 0.15) is 0 Å². The van der Waals surface area contributed by atoms with E-state index in [1.165, 1.54) is 38.2 Å². The summed E-state index contributed by atoms with van der Waals surface area (Å²) in [6.45, 7) is 9.64. The van der Waals surface area contributed by atoms with E-state index < -0.39 is 0 Å². The second kappa shape index (κ2) is 11.8. The molecule has 1 N–H and O–H groups in total. The van der Waals surface area contributed by atoms with Crippen molar-refractivity contribution < 1.29 is 4.79 Å². The summed E-state index contributed by atoms with van der Waals surface area (Å²) >= 11 is 12.8. The molecule has 0 spiro atoms. The molecule has 0 aromatic heterocycles. The molecular weight excluding hydrogens is 491 g/mol. The average Bonchev–Trinajstić information content (AvgIpc) is 3.16. The zero-order valence-electron chi connectivity index (χ0n) is 21.1. The van der Waals surface area contributed by atoms with Crippen molar-refractivity contribution in [1.82, 2.24) is 20.0 Å². The lowest BCUT2D eigenvalue weighted by Gasteiger charge is -2.47. The van der Waals surface area contributed by atoms with E-state index in [9.17, 15) is 4.79 Å². The molecule has 2 aromatic carbocycles. The van der Waals surface area contributed by atoms with Crippen LogP contribution in [0.3, 0.4) is 0 Å². The lowest BCUT2D eigenvalue weighted by Crippen LogP contribution is -2.60. The first-order valence-corrected chi connectivity index (χ1v) is 14.3. The van der Waals surface area contributed by atoms with Gasteiger partial charge >= 0.3 is 0 Å². The van der Waals surface area contributed by atoms with Crippen LogP contribution in [0.5, 0.6) is 0 Å². The number of hydrogen-bond donors (Lipinski definition) is 1. The zero-order valence-corrected chi connectivity index (χ0v) is 22.6. The van der Waals surface area contributed by atoms with Gasteiger partial charge in [0.05, 0.1) is 10.0 Å². The predicted octanol–water partition coefficient (Wildman–Crippen LogP) is 4.93. The SMILES string of the molecule is O=C(c1ccccc1)N1CCCC(CCCN2CC(N3CCCNCC3)C2)(c2ccc(Cl)c(Cl)c2)C1. The van der Waals surface area contributed by atoms with E-state index in [1.54, 1.807) is 0 Å². The van der Waals surface area contributed by atoms with Gasteiger partial charge in [0.2, 0.25) is 0 Å². The molecular formula is C29H38Cl2N4O.